The molecule has 2 aromatic heterocycles. The summed E-state index contributed by atoms with van der Waals surface area (Å²) in [6.45, 7) is 5.38. The highest BCUT2D eigenvalue weighted by Gasteiger charge is 2.16. The first-order valence-corrected chi connectivity index (χ1v) is 6.83. The highest BCUT2D eigenvalue weighted by molar-refractivity contribution is 5.88. The normalized spacial score (nSPS) is 10.2. The van der Waals surface area contributed by atoms with Gasteiger partial charge in [0.05, 0.1) is 35.1 Å². The van der Waals surface area contributed by atoms with Crippen molar-refractivity contribution in [1.29, 1.82) is 0 Å². The molecule has 2 aromatic rings. The minimum absolute atomic E-state index is 0.406. The van der Waals surface area contributed by atoms with E-state index in [0.29, 0.717) is 22.7 Å². The number of anilines is 4. The van der Waals surface area contributed by atoms with Gasteiger partial charge in [-0.15, -0.1) is 0 Å². The van der Waals surface area contributed by atoms with Crippen LogP contribution in [0.4, 0.5) is 27.5 Å². The summed E-state index contributed by atoms with van der Waals surface area (Å²) in [5.74, 6) is 0. The Balaban J connectivity index is 0.000000277. The summed E-state index contributed by atoms with van der Waals surface area (Å²) in [7, 11) is 0. The summed E-state index contributed by atoms with van der Waals surface area (Å²) in [4.78, 5) is 18.9. The fourth-order valence-electron chi connectivity index (χ4n) is 1.35. The van der Waals surface area contributed by atoms with Gasteiger partial charge in [0.15, 0.2) is 0 Å². The van der Waals surface area contributed by atoms with Crippen LogP contribution in [0.3, 0.4) is 0 Å². The predicted octanol–water partition coefficient (Wildman–Crippen LogP) is 2.26. The van der Waals surface area contributed by atoms with Crippen LogP contribution in [-0.2, 0) is 4.74 Å². The van der Waals surface area contributed by atoms with Crippen molar-refractivity contribution in [3.63, 3.8) is 0 Å². The highest BCUT2D eigenvalue weighted by atomic mass is 16.6. The van der Waals surface area contributed by atoms with Gasteiger partial charge in [0.1, 0.15) is 5.60 Å². The van der Waals surface area contributed by atoms with Crippen molar-refractivity contribution < 1.29 is 9.53 Å². The largest absolute Gasteiger partial charge is 0.444 e. The summed E-state index contributed by atoms with van der Waals surface area (Å²) < 4.78 is 5.07. The Bertz CT molecular complexity index is 633. The fraction of sp³-hybridized carbons (Fsp3) is 0.267. The lowest BCUT2D eigenvalue weighted by Gasteiger charge is -2.19. The van der Waals surface area contributed by atoms with Gasteiger partial charge in [0, 0.05) is 12.4 Å². The molecular weight excluding hydrogens is 296 g/mol. The zero-order chi connectivity index (χ0) is 17.5. The average molecular weight is 318 g/mol. The molecule has 0 fully saturated rings. The highest BCUT2D eigenvalue weighted by Crippen LogP contribution is 2.16. The zero-order valence-electron chi connectivity index (χ0n) is 13.4. The van der Waals surface area contributed by atoms with E-state index in [1.807, 2.05) is 0 Å². The van der Waals surface area contributed by atoms with Gasteiger partial charge in [-0.05, 0) is 32.9 Å². The number of nitrogen functional groups attached to an aromatic ring is 3. The summed E-state index contributed by atoms with van der Waals surface area (Å²) in [5, 5.41) is 2.54. The van der Waals surface area contributed by atoms with Crippen LogP contribution in [0.15, 0.2) is 36.9 Å². The fourth-order valence-corrected chi connectivity index (χ4v) is 1.35. The number of ether oxygens (including phenoxy) is 1. The number of amides is 1. The molecule has 2 heterocycles. The Labute approximate surface area is 135 Å². The SMILES string of the molecule is CC(C)(C)OC(=O)Nc1ccncc1N.Nc1ccncc1N. The number of nitrogens with two attached hydrogens (primary N) is 3. The van der Waals surface area contributed by atoms with Crippen LogP contribution >= 0.6 is 0 Å². The summed E-state index contributed by atoms with van der Waals surface area (Å²) in [5.41, 5.74) is 17.8. The molecular formula is C15H22N6O2. The predicted molar refractivity (Wildman–Crippen MR) is 91.6 cm³/mol. The van der Waals surface area contributed by atoms with E-state index < -0.39 is 11.7 Å². The average Bonchev–Trinajstić information content (AvgIpc) is 2.43. The molecule has 0 saturated carbocycles. The van der Waals surface area contributed by atoms with Crippen LogP contribution in [0.5, 0.6) is 0 Å². The van der Waals surface area contributed by atoms with Gasteiger partial charge in [-0.1, -0.05) is 0 Å². The Morgan fingerprint density at radius 3 is 2.00 bits per heavy atom. The van der Waals surface area contributed by atoms with E-state index in [0.717, 1.165) is 0 Å². The van der Waals surface area contributed by atoms with Crippen molar-refractivity contribution in [1.82, 2.24) is 9.97 Å². The second-order valence-electron chi connectivity index (χ2n) is 5.59. The van der Waals surface area contributed by atoms with Crippen LogP contribution < -0.4 is 22.5 Å². The third-order valence-corrected chi connectivity index (χ3v) is 2.37. The van der Waals surface area contributed by atoms with E-state index in [9.17, 15) is 4.79 Å². The molecule has 0 aliphatic carbocycles. The topological polar surface area (TPSA) is 142 Å². The molecule has 2 rings (SSSR count). The molecule has 0 aromatic carbocycles. The molecule has 7 N–H and O–H groups in total. The quantitative estimate of drug-likeness (QED) is 0.631. The number of nitrogens with zero attached hydrogens (tertiary/aromatic N) is 2. The van der Waals surface area contributed by atoms with Crippen molar-refractivity contribution in [2.24, 2.45) is 0 Å². The number of nitrogens with one attached hydrogen (secondary N) is 1. The van der Waals surface area contributed by atoms with Crippen molar-refractivity contribution in [2.45, 2.75) is 26.4 Å². The first-order valence-electron chi connectivity index (χ1n) is 6.83. The minimum Gasteiger partial charge on any atom is -0.444 e. The second kappa shape index (κ2) is 7.83. The van der Waals surface area contributed by atoms with Gasteiger partial charge in [0.25, 0.3) is 0 Å². The van der Waals surface area contributed by atoms with Gasteiger partial charge in [-0.3, -0.25) is 15.3 Å². The summed E-state index contributed by atoms with van der Waals surface area (Å²) >= 11 is 0. The van der Waals surface area contributed by atoms with E-state index in [1.165, 1.54) is 12.4 Å². The minimum atomic E-state index is -0.527. The monoisotopic (exact) mass is 318 g/mol. The third kappa shape index (κ3) is 6.98. The molecule has 0 aliphatic heterocycles. The maximum Gasteiger partial charge on any atom is 0.412 e. The number of aromatic nitrogens is 2. The first kappa shape index (κ1) is 18.0. The summed E-state index contributed by atoms with van der Waals surface area (Å²) in [6, 6.07) is 3.27. The molecule has 0 bridgehead atoms. The number of rotatable bonds is 1. The lowest BCUT2D eigenvalue weighted by atomic mass is 10.2. The van der Waals surface area contributed by atoms with Crippen LogP contribution in [-0.4, -0.2) is 21.7 Å². The Morgan fingerprint density at radius 1 is 1.00 bits per heavy atom. The van der Waals surface area contributed by atoms with Crippen molar-refractivity contribution in [3.8, 4) is 0 Å². The number of hydrogen-bond donors (Lipinski definition) is 4. The van der Waals surface area contributed by atoms with Crippen LogP contribution in [0.1, 0.15) is 20.8 Å². The molecule has 8 heteroatoms. The molecule has 8 nitrogen and oxygen atoms in total. The molecule has 0 atom stereocenters. The maximum atomic E-state index is 11.4. The lowest BCUT2D eigenvalue weighted by Crippen LogP contribution is -2.27. The third-order valence-electron chi connectivity index (χ3n) is 2.37. The molecule has 0 radical (unpaired) electrons. The molecule has 0 spiro atoms. The van der Waals surface area contributed by atoms with Gasteiger partial charge in [-0.2, -0.15) is 0 Å². The number of carbonyl (C=O) groups excluding carboxylic acids is 1. The Kier molecular flexibility index (Phi) is 6.13. The smallest absolute Gasteiger partial charge is 0.412 e. The number of carbonyl (C=O) groups is 1. The second-order valence-corrected chi connectivity index (χ2v) is 5.59. The first-order chi connectivity index (χ1) is 10.7. The van der Waals surface area contributed by atoms with Gasteiger partial charge in [-0.25, -0.2) is 4.79 Å². The van der Waals surface area contributed by atoms with Crippen molar-refractivity contribution in [2.75, 3.05) is 22.5 Å². The van der Waals surface area contributed by atoms with E-state index in [2.05, 4.69) is 15.3 Å². The van der Waals surface area contributed by atoms with Crippen LogP contribution in [0.2, 0.25) is 0 Å². The zero-order valence-corrected chi connectivity index (χ0v) is 13.4. The standard InChI is InChI=1S/C10H15N3O2.C5H7N3/c1-10(2,3)15-9(14)13-8-4-5-12-6-7(8)11;6-4-1-2-8-3-5(4)7/h4-6H,11H2,1-3H3,(H,12,13,14);1-3H,7H2,(H2,6,8). The van der Waals surface area contributed by atoms with E-state index in [-0.39, 0.29) is 0 Å². The van der Waals surface area contributed by atoms with E-state index in [4.69, 9.17) is 21.9 Å². The number of hydrogen-bond acceptors (Lipinski definition) is 7. The van der Waals surface area contributed by atoms with E-state index >= 15 is 0 Å². The van der Waals surface area contributed by atoms with Gasteiger partial charge >= 0.3 is 6.09 Å². The Morgan fingerprint density at radius 2 is 1.57 bits per heavy atom. The molecule has 0 aliphatic rings. The molecule has 1 amide bonds. The molecule has 0 saturated heterocycles. The van der Waals surface area contributed by atoms with Gasteiger partial charge in [0.2, 0.25) is 0 Å². The van der Waals surface area contributed by atoms with Crippen LogP contribution in [0.25, 0.3) is 0 Å². The number of pyridine rings is 2. The Hall–Kier alpha value is -3.03. The van der Waals surface area contributed by atoms with Gasteiger partial charge < -0.3 is 21.9 Å². The maximum absolute atomic E-state index is 11.4. The lowest BCUT2D eigenvalue weighted by molar-refractivity contribution is 0.0636. The molecule has 124 valence electrons. The van der Waals surface area contributed by atoms with E-state index in [1.54, 1.807) is 45.3 Å². The van der Waals surface area contributed by atoms with Crippen molar-refractivity contribution in [3.05, 3.63) is 36.9 Å². The molecule has 23 heavy (non-hydrogen) atoms. The molecule has 0 unspecified atom stereocenters. The van der Waals surface area contributed by atoms with Crippen molar-refractivity contribution >= 4 is 28.8 Å². The van der Waals surface area contributed by atoms with Crippen LogP contribution in [0, 0.1) is 0 Å². The summed E-state index contributed by atoms with van der Waals surface area (Å²) in [6.07, 6.45) is 5.61.